The van der Waals surface area contributed by atoms with Gasteiger partial charge in [0.2, 0.25) is 0 Å². The van der Waals surface area contributed by atoms with Crippen molar-refractivity contribution in [1.82, 2.24) is 14.5 Å². The molecular weight excluding hydrogens is 1050 g/mol. The van der Waals surface area contributed by atoms with Gasteiger partial charge in [-0.25, -0.2) is 4.98 Å². The number of aromatic hydroxyl groups is 1. The predicted molar refractivity (Wildman–Crippen MR) is 277 cm³/mol. The second kappa shape index (κ2) is 15.3. The minimum absolute atomic E-state index is 0. The van der Waals surface area contributed by atoms with Gasteiger partial charge in [0.15, 0.2) is 0 Å². The zero-order chi connectivity index (χ0) is 46.3. The number of rotatable bonds is 5. The first-order valence-corrected chi connectivity index (χ1v) is 23.3. The maximum absolute atomic E-state index is 11.9. The molecule has 14 rings (SSSR count). The van der Waals surface area contributed by atoms with E-state index in [9.17, 15) is 5.11 Å². The van der Waals surface area contributed by atoms with Gasteiger partial charge in [0.05, 0.1) is 28.5 Å². The third-order valence-electron chi connectivity index (χ3n) is 15.2. The molecule has 0 spiro atoms. The molecule has 5 aromatic heterocycles. The summed E-state index contributed by atoms with van der Waals surface area (Å²) in [6, 6.07) is 61.4. The largest absolute Gasteiger partial charge is 0.507 e. The van der Waals surface area contributed by atoms with Crippen molar-refractivity contribution in [1.29, 1.82) is 0 Å². The van der Waals surface area contributed by atoms with Crippen molar-refractivity contribution in [2.24, 2.45) is 0 Å². The average Bonchev–Trinajstić information content (AvgIpc) is 4.17. The minimum atomic E-state index is -0.435. The van der Waals surface area contributed by atoms with Gasteiger partial charge in [-0.3, -0.25) is 4.98 Å². The van der Waals surface area contributed by atoms with Crippen molar-refractivity contribution >= 4 is 65.8 Å². The molecule has 0 bridgehead atoms. The van der Waals surface area contributed by atoms with E-state index in [4.69, 9.17) is 23.2 Å². The molecule has 1 aliphatic carbocycles. The third-order valence-corrected chi connectivity index (χ3v) is 15.2. The van der Waals surface area contributed by atoms with Crippen LogP contribution in [0.5, 0.6) is 5.75 Å². The van der Waals surface area contributed by atoms with Crippen LogP contribution in [0.15, 0.2) is 189 Å². The topological polar surface area (TPSA) is 90.4 Å². The van der Waals surface area contributed by atoms with E-state index in [1.54, 1.807) is 6.07 Å². The Morgan fingerprint density at radius 3 is 1.97 bits per heavy atom. The Labute approximate surface area is 416 Å². The number of benzene rings is 8. The Morgan fingerprint density at radius 2 is 1.17 bits per heavy atom. The van der Waals surface area contributed by atoms with Crippen LogP contribution in [0.4, 0.5) is 0 Å². The Balaban J connectivity index is 0.00000480. The summed E-state index contributed by atoms with van der Waals surface area (Å²) in [4.78, 5) is 11.2. The molecular formula is C62H42N3O4Pt-. The summed E-state index contributed by atoms with van der Waals surface area (Å²) in [6.07, 6.45) is 2.07. The molecule has 5 heterocycles. The van der Waals surface area contributed by atoms with Gasteiger partial charge in [-0.15, -0.1) is 12.1 Å². The molecule has 340 valence electrons. The van der Waals surface area contributed by atoms with Gasteiger partial charge in [-0.1, -0.05) is 142 Å². The van der Waals surface area contributed by atoms with E-state index in [-0.39, 0.29) is 32.2 Å². The molecule has 0 fully saturated rings. The summed E-state index contributed by atoms with van der Waals surface area (Å²) in [5, 5.41) is 18.0. The standard InChI is InChI=1S/C62H42N3O4.Pt/c1-61(2)46-19-13-20-49(66)57(46)59-58(62(61,3)4)43(37-25-29-52-44(31-37)40-17-9-11-22-51(40)67-52)33-47(63-59)48-34-65(38-26-27-41-39-16-8-10-21-50(39)69-55(41)32-38)60(64-48)42-18-12-23-54-56(42)45-30-36(24-28-53(45)68-54)35-14-6-5-7-15-35;/h5-17,19-34,66H,1-4H3;/q-1;. The molecule has 0 amide bonds. The first kappa shape index (κ1) is 42.1. The fourth-order valence-corrected chi connectivity index (χ4v) is 11.1. The quantitative estimate of drug-likeness (QED) is 0.173. The van der Waals surface area contributed by atoms with Crippen molar-refractivity contribution in [3.05, 3.63) is 193 Å². The Kier molecular flexibility index (Phi) is 9.18. The molecule has 0 saturated carbocycles. The minimum Gasteiger partial charge on any atom is -0.507 e. The molecule has 70 heavy (non-hydrogen) atoms. The number of pyridine rings is 1. The molecule has 0 unspecified atom stereocenters. The van der Waals surface area contributed by atoms with Gasteiger partial charge >= 0.3 is 0 Å². The van der Waals surface area contributed by atoms with Crippen molar-refractivity contribution < 1.29 is 39.4 Å². The molecule has 0 atom stereocenters. The van der Waals surface area contributed by atoms with Crippen LogP contribution in [-0.2, 0) is 31.9 Å². The van der Waals surface area contributed by atoms with E-state index >= 15 is 0 Å². The van der Waals surface area contributed by atoms with Gasteiger partial charge < -0.3 is 22.9 Å². The summed E-state index contributed by atoms with van der Waals surface area (Å²) < 4.78 is 21.5. The first-order chi connectivity index (χ1) is 33.6. The normalized spacial score (nSPS) is 13.9. The Bertz CT molecular complexity index is 4280. The number of furan rings is 3. The van der Waals surface area contributed by atoms with Crippen LogP contribution < -0.4 is 0 Å². The van der Waals surface area contributed by atoms with Crippen LogP contribution >= 0.6 is 0 Å². The third kappa shape index (κ3) is 6.04. The summed E-state index contributed by atoms with van der Waals surface area (Å²) in [5.41, 5.74) is 14.7. The van der Waals surface area contributed by atoms with Crippen molar-refractivity contribution in [2.75, 3.05) is 0 Å². The van der Waals surface area contributed by atoms with Gasteiger partial charge in [0.1, 0.15) is 33.7 Å². The van der Waals surface area contributed by atoms with Crippen molar-refractivity contribution in [2.45, 2.75) is 38.5 Å². The molecule has 1 N–H and O–H groups in total. The number of para-hydroxylation sites is 2. The zero-order valence-electron chi connectivity index (χ0n) is 38.6. The molecule has 0 radical (unpaired) electrons. The number of hydrogen-bond donors (Lipinski definition) is 1. The van der Waals surface area contributed by atoms with Crippen molar-refractivity contribution in [3.63, 3.8) is 0 Å². The SMILES string of the molecule is CC1(C)c2cccc(O)c2-c2nc(-c3cn(-c4ccc5c(c4)oc4ccccc45)c(-c4[c-]ccc5oc6ccc(-c7ccccc7)cc6c45)n3)cc(-c3ccc4oc5ccccc5c4c3)c2C1(C)C.[Pt]. The second-order valence-electron chi connectivity index (χ2n) is 19.4. The van der Waals surface area contributed by atoms with Crippen LogP contribution in [0.3, 0.4) is 0 Å². The first-order valence-electron chi connectivity index (χ1n) is 23.3. The number of fused-ring (bicyclic) bond motifs is 12. The van der Waals surface area contributed by atoms with E-state index in [2.05, 4.69) is 142 Å². The summed E-state index contributed by atoms with van der Waals surface area (Å²) in [6.45, 7) is 9.13. The van der Waals surface area contributed by atoms with Crippen LogP contribution in [0, 0.1) is 6.07 Å². The van der Waals surface area contributed by atoms with Crippen LogP contribution in [-0.4, -0.2) is 19.6 Å². The van der Waals surface area contributed by atoms with Gasteiger partial charge in [-0.2, -0.15) is 0 Å². The summed E-state index contributed by atoms with van der Waals surface area (Å²) in [5.74, 6) is 0.855. The maximum Gasteiger partial charge on any atom is 0.137 e. The molecule has 8 heteroatoms. The molecule has 0 aliphatic heterocycles. The second-order valence-corrected chi connectivity index (χ2v) is 19.4. The average molecular weight is 1090 g/mol. The molecule has 0 saturated heterocycles. The number of aromatic nitrogens is 3. The number of phenols is 1. The number of imidazole rings is 1. The zero-order valence-corrected chi connectivity index (χ0v) is 40.8. The molecule has 8 aromatic carbocycles. The van der Waals surface area contributed by atoms with Gasteiger partial charge in [0.25, 0.3) is 0 Å². The molecule has 1 aliphatic rings. The van der Waals surface area contributed by atoms with E-state index < -0.39 is 5.41 Å². The summed E-state index contributed by atoms with van der Waals surface area (Å²) in [7, 11) is 0. The predicted octanol–water partition coefficient (Wildman–Crippen LogP) is 16.4. The van der Waals surface area contributed by atoms with Gasteiger partial charge in [-0.05, 0) is 98.8 Å². The summed E-state index contributed by atoms with van der Waals surface area (Å²) >= 11 is 0. The van der Waals surface area contributed by atoms with Gasteiger partial charge in [0, 0.05) is 71.5 Å². The number of nitrogens with zero attached hydrogens (tertiary/aromatic N) is 3. The van der Waals surface area contributed by atoms with E-state index in [1.807, 2.05) is 66.7 Å². The van der Waals surface area contributed by atoms with Crippen LogP contribution in [0.2, 0.25) is 0 Å². The molecule has 13 aromatic rings. The fraction of sp³-hybridized carbons (Fsp3) is 0.0968. The smallest absolute Gasteiger partial charge is 0.137 e. The Morgan fingerprint density at radius 1 is 0.514 bits per heavy atom. The fourth-order valence-electron chi connectivity index (χ4n) is 11.1. The Hall–Kier alpha value is -7.99. The van der Waals surface area contributed by atoms with Crippen LogP contribution in [0.1, 0.15) is 38.8 Å². The molecule has 7 nitrogen and oxygen atoms in total. The van der Waals surface area contributed by atoms with E-state index in [0.717, 1.165) is 122 Å². The van der Waals surface area contributed by atoms with Crippen LogP contribution in [0.25, 0.3) is 128 Å². The van der Waals surface area contributed by atoms with E-state index in [0.29, 0.717) is 17.2 Å². The number of phenolic OH excluding ortho intramolecular Hbond substituents is 1. The van der Waals surface area contributed by atoms with E-state index in [1.165, 1.54) is 0 Å². The van der Waals surface area contributed by atoms with Crippen molar-refractivity contribution in [3.8, 4) is 67.7 Å². The maximum atomic E-state index is 11.9. The monoisotopic (exact) mass is 1090 g/mol. The number of hydrogen-bond acceptors (Lipinski definition) is 6.